The highest BCUT2D eigenvalue weighted by Gasteiger charge is 2.35. The summed E-state index contributed by atoms with van der Waals surface area (Å²) in [6, 6.07) is 5.22. The summed E-state index contributed by atoms with van der Waals surface area (Å²) in [6.07, 6.45) is 1.40. The Morgan fingerprint density at radius 2 is 1.93 bits per heavy atom. The summed E-state index contributed by atoms with van der Waals surface area (Å²) in [5, 5.41) is 14.0. The Bertz CT molecular complexity index is 860. The van der Waals surface area contributed by atoms with Gasteiger partial charge in [-0.05, 0) is 56.9 Å². The second kappa shape index (κ2) is 7.50. The zero-order chi connectivity index (χ0) is 19.7. The molecule has 0 bridgehead atoms. The maximum Gasteiger partial charge on any atom is 0.326 e. The minimum absolute atomic E-state index is 0.108. The first-order valence-corrected chi connectivity index (χ1v) is 9.11. The van der Waals surface area contributed by atoms with Crippen LogP contribution in [0, 0.1) is 25.6 Å². The fourth-order valence-corrected chi connectivity index (χ4v) is 3.69. The van der Waals surface area contributed by atoms with Gasteiger partial charge in [-0.25, -0.2) is 13.9 Å². The maximum absolute atomic E-state index is 13.2. The third kappa shape index (κ3) is 3.86. The molecule has 1 aromatic heterocycles. The molecular formula is C20H24FN3O3. The zero-order valence-corrected chi connectivity index (χ0v) is 15.8. The topological polar surface area (TPSA) is 75.4 Å². The second-order valence-electron chi connectivity index (χ2n) is 7.29. The van der Waals surface area contributed by atoms with Gasteiger partial charge in [-0.3, -0.25) is 4.79 Å². The second-order valence-corrected chi connectivity index (χ2v) is 7.29. The number of carbonyl (C=O) groups excluding carboxylic acids is 1. The van der Waals surface area contributed by atoms with E-state index in [2.05, 4.69) is 5.10 Å². The van der Waals surface area contributed by atoms with Crippen LogP contribution in [0.5, 0.6) is 0 Å². The quantitative estimate of drug-likeness (QED) is 0.894. The number of benzene rings is 1. The number of aryl methyl sites for hydroxylation is 1. The smallest absolute Gasteiger partial charge is 0.326 e. The molecule has 1 aliphatic heterocycles. The number of amides is 1. The van der Waals surface area contributed by atoms with E-state index in [0.29, 0.717) is 30.3 Å². The van der Waals surface area contributed by atoms with Crippen LogP contribution in [-0.4, -0.2) is 44.3 Å². The summed E-state index contributed by atoms with van der Waals surface area (Å²) in [4.78, 5) is 25.9. The molecule has 7 heteroatoms. The van der Waals surface area contributed by atoms with E-state index in [1.165, 1.54) is 17.0 Å². The first-order chi connectivity index (χ1) is 12.8. The van der Waals surface area contributed by atoms with Crippen LogP contribution in [0.1, 0.15) is 36.7 Å². The minimum Gasteiger partial charge on any atom is -0.480 e. The van der Waals surface area contributed by atoms with Crippen LogP contribution in [0.25, 0.3) is 5.69 Å². The lowest BCUT2D eigenvalue weighted by molar-refractivity contribution is -0.152. The summed E-state index contributed by atoms with van der Waals surface area (Å²) in [5.74, 6) is -1.18. The van der Waals surface area contributed by atoms with Crippen molar-refractivity contribution in [3.05, 3.63) is 47.0 Å². The highest BCUT2D eigenvalue weighted by atomic mass is 19.1. The number of carboxylic acid groups (broad SMARTS) is 1. The van der Waals surface area contributed by atoms with E-state index in [1.54, 1.807) is 16.8 Å². The van der Waals surface area contributed by atoms with E-state index in [-0.39, 0.29) is 18.1 Å². The molecule has 2 aromatic rings. The van der Waals surface area contributed by atoms with E-state index in [1.807, 2.05) is 20.8 Å². The Labute approximate surface area is 157 Å². The molecule has 2 heterocycles. The Morgan fingerprint density at radius 1 is 1.26 bits per heavy atom. The summed E-state index contributed by atoms with van der Waals surface area (Å²) >= 11 is 0. The zero-order valence-electron chi connectivity index (χ0n) is 15.8. The normalized spacial score (nSPS) is 19.9. The fourth-order valence-electron chi connectivity index (χ4n) is 3.69. The van der Waals surface area contributed by atoms with Crippen molar-refractivity contribution in [2.75, 3.05) is 6.54 Å². The largest absolute Gasteiger partial charge is 0.480 e. The number of piperidine rings is 1. The van der Waals surface area contributed by atoms with Gasteiger partial charge in [0.2, 0.25) is 5.91 Å². The molecule has 0 aliphatic carbocycles. The van der Waals surface area contributed by atoms with Crippen molar-refractivity contribution in [1.29, 1.82) is 0 Å². The Kier molecular flexibility index (Phi) is 5.30. The van der Waals surface area contributed by atoms with Gasteiger partial charge < -0.3 is 10.0 Å². The molecule has 1 fully saturated rings. The van der Waals surface area contributed by atoms with Crippen LogP contribution >= 0.6 is 0 Å². The summed E-state index contributed by atoms with van der Waals surface area (Å²) in [6.45, 7) is 6.15. The Hall–Kier alpha value is -2.70. The van der Waals surface area contributed by atoms with Gasteiger partial charge in [0.1, 0.15) is 11.9 Å². The van der Waals surface area contributed by atoms with Crippen molar-refractivity contribution >= 4 is 11.9 Å². The van der Waals surface area contributed by atoms with Crippen molar-refractivity contribution < 1.29 is 19.1 Å². The molecule has 2 atom stereocenters. The number of carbonyl (C=O) groups is 2. The van der Waals surface area contributed by atoms with Crippen molar-refractivity contribution in [3.8, 4) is 5.69 Å². The molecule has 1 N–H and O–H groups in total. The van der Waals surface area contributed by atoms with Crippen LogP contribution < -0.4 is 0 Å². The molecule has 144 valence electrons. The summed E-state index contributed by atoms with van der Waals surface area (Å²) in [5.41, 5.74) is 3.00. The highest BCUT2D eigenvalue weighted by molar-refractivity contribution is 5.85. The van der Waals surface area contributed by atoms with Gasteiger partial charge in [0.25, 0.3) is 0 Å². The minimum atomic E-state index is -0.953. The Morgan fingerprint density at radius 3 is 2.56 bits per heavy atom. The van der Waals surface area contributed by atoms with E-state index in [9.17, 15) is 19.1 Å². The SMILES string of the molecule is Cc1nn(-c2ccc(F)cc2)c(C)c1CC(=O)N1CCC(C)CC1C(=O)O. The highest BCUT2D eigenvalue weighted by Crippen LogP contribution is 2.25. The summed E-state index contributed by atoms with van der Waals surface area (Å²) < 4.78 is 14.9. The predicted molar refractivity (Wildman–Crippen MR) is 98.2 cm³/mol. The van der Waals surface area contributed by atoms with Gasteiger partial charge in [0.15, 0.2) is 0 Å². The predicted octanol–water partition coefficient (Wildman–Crippen LogP) is 2.88. The molecule has 6 nitrogen and oxygen atoms in total. The molecule has 27 heavy (non-hydrogen) atoms. The number of carboxylic acids is 1. The molecule has 2 unspecified atom stereocenters. The average molecular weight is 373 g/mol. The molecule has 1 amide bonds. The van der Waals surface area contributed by atoms with Crippen molar-refractivity contribution in [2.24, 2.45) is 5.92 Å². The van der Waals surface area contributed by atoms with Crippen LogP contribution in [-0.2, 0) is 16.0 Å². The summed E-state index contributed by atoms with van der Waals surface area (Å²) in [7, 11) is 0. The van der Waals surface area contributed by atoms with Crippen molar-refractivity contribution in [1.82, 2.24) is 14.7 Å². The van der Waals surface area contributed by atoms with Gasteiger partial charge >= 0.3 is 5.97 Å². The number of hydrogen-bond acceptors (Lipinski definition) is 3. The van der Waals surface area contributed by atoms with Gasteiger partial charge in [-0.15, -0.1) is 0 Å². The standard InChI is InChI=1S/C20H24FN3O3/c1-12-8-9-23(18(10-12)20(26)27)19(25)11-17-13(2)22-24(14(17)3)16-6-4-15(21)5-7-16/h4-7,12,18H,8-11H2,1-3H3,(H,26,27). The lowest BCUT2D eigenvalue weighted by atomic mass is 9.92. The maximum atomic E-state index is 13.2. The number of hydrogen-bond donors (Lipinski definition) is 1. The van der Waals surface area contributed by atoms with E-state index < -0.39 is 12.0 Å². The molecule has 1 aliphatic rings. The third-order valence-corrected chi connectivity index (χ3v) is 5.31. The molecule has 0 radical (unpaired) electrons. The van der Waals surface area contributed by atoms with Gasteiger partial charge in [-0.1, -0.05) is 6.92 Å². The molecule has 0 spiro atoms. The third-order valence-electron chi connectivity index (χ3n) is 5.31. The van der Waals surface area contributed by atoms with Gasteiger partial charge in [0, 0.05) is 17.8 Å². The number of rotatable bonds is 4. The first-order valence-electron chi connectivity index (χ1n) is 9.11. The molecule has 3 rings (SSSR count). The lowest BCUT2D eigenvalue weighted by Crippen LogP contribution is -2.50. The first kappa shape index (κ1) is 19.1. The van der Waals surface area contributed by atoms with Crippen LogP contribution in [0.15, 0.2) is 24.3 Å². The number of likely N-dealkylation sites (tertiary alicyclic amines) is 1. The molecule has 1 saturated heterocycles. The number of halogens is 1. The molecule has 1 aromatic carbocycles. The number of aliphatic carboxylic acids is 1. The Balaban J connectivity index is 1.84. The molecular weight excluding hydrogens is 349 g/mol. The van der Waals surface area contributed by atoms with Crippen LogP contribution in [0.3, 0.4) is 0 Å². The lowest BCUT2D eigenvalue weighted by Gasteiger charge is -2.36. The van der Waals surface area contributed by atoms with E-state index in [4.69, 9.17) is 0 Å². The number of nitrogens with zero attached hydrogens (tertiary/aromatic N) is 3. The average Bonchev–Trinajstić information content (AvgIpc) is 2.90. The molecule has 0 saturated carbocycles. The van der Waals surface area contributed by atoms with Gasteiger partial charge in [-0.2, -0.15) is 5.10 Å². The van der Waals surface area contributed by atoms with E-state index >= 15 is 0 Å². The van der Waals surface area contributed by atoms with E-state index in [0.717, 1.165) is 17.7 Å². The van der Waals surface area contributed by atoms with Crippen molar-refractivity contribution in [2.45, 2.75) is 46.1 Å². The van der Waals surface area contributed by atoms with Crippen molar-refractivity contribution in [3.63, 3.8) is 0 Å². The van der Waals surface area contributed by atoms with Crippen LogP contribution in [0.4, 0.5) is 4.39 Å². The van der Waals surface area contributed by atoms with Gasteiger partial charge in [0.05, 0.1) is 17.8 Å². The fraction of sp³-hybridized carbons (Fsp3) is 0.450. The van der Waals surface area contributed by atoms with Crippen LogP contribution in [0.2, 0.25) is 0 Å². The number of aromatic nitrogens is 2. The monoisotopic (exact) mass is 373 g/mol.